The Hall–Kier alpha value is -3.53. The normalized spacial score (nSPS) is 11.0. The van der Waals surface area contributed by atoms with Crippen molar-refractivity contribution in [1.29, 1.82) is 0 Å². The molecule has 0 bridgehead atoms. The molecule has 0 aliphatic rings. The Kier molecular flexibility index (Phi) is 4.16. The average Bonchev–Trinajstić information content (AvgIpc) is 2.69. The maximum atomic E-state index is 4.77. The molecule has 1 N–H and O–H groups in total. The average molecular weight is 324 g/mol. The third-order valence-corrected chi connectivity index (χ3v) is 3.87. The van der Waals surface area contributed by atoms with Crippen LogP contribution in [0, 0.1) is 0 Å². The Bertz CT molecular complexity index is 1010. The van der Waals surface area contributed by atoms with Crippen molar-refractivity contribution in [3.05, 3.63) is 90.8 Å². The van der Waals surface area contributed by atoms with Gasteiger partial charge in [-0.05, 0) is 18.2 Å². The molecule has 0 unspecified atom stereocenters. The lowest BCUT2D eigenvalue weighted by Crippen LogP contribution is -1.95. The summed E-state index contributed by atoms with van der Waals surface area (Å²) in [7, 11) is 0. The number of fused-ring (bicyclic) bond motifs is 1. The van der Waals surface area contributed by atoms with E-state index in [-0.39, 0.29) is 0 Å². The predicted octanol–water partition coefficient (Wildman–Crippen LogP) is 4.74. The maximum Gasteiger partial charge on any atom is 0.0730 e. The summed E-state index contributed by atoms with van der Waals surface area (Å²) in [5, 5.41) is 5.39. The summed E-state index contributed by atoms with van der Waals surface area (Å²) < 4.78 is 0. The van der Waals surface area contributed by atoms with Crippen LogP contribution in [-0.4, -0.2) is 16.2 Å². The van der Waals surface area contributed by atoms with Gasteiger partial charge in [0.1, 0.15) is 0 Å². The summed E-state index contributed by atoms with van der Waals surface area (Å²) >= 11 is 0. The standard InChI is InChI=1S/C21H16N4/c1-2-8-17(9-3-1)20-13-21(18-10-4-5-11-19(18)24-20)25-23-15-16-7-6-12-22-14-16/h1-15H,(H,24,25)/b23-15+. The number of hydrogen-bond donors (Lipinski definition) is 1. The molecule has 2 heterocycles. The first-order valence-corrected chi connectivity index (χ1v) is 8.04. The zero-order valence-corrected chi connectivity index (χ0v) is 13.5. The number of hydrogen-bond acceptors (Lipinski definition) is 4. The van der Waals surface area contributed by atoms with Gasteiger partial charge < -0.3 is 0 Å². The van der Waals surface area contributed by atoms with Crippen LogP contribution in [-0.2, 0) is 0 Å². The highest BCUT2D eigenvalue weighted by Gasteiger charge is 2.06. The summed E-state index contributed by atoms with van der Waals surface area (Å²) in [5.41, 5.74) is 7.94. The first kappa shape index (κ1) is 15.0. The molecule has 0 fully saturated rings. The largest absolute Gasteiger partial charge is 0.278 e. The second-order valence-corrected chi connectivity index (χ2v) is 5.59. The molecule has 0 aliphatic carbocycles. The second-order valence-electron chi connectivity index (χ2n) is 5.59. The molecule has 0 radical (unpaired) electrons. The smallest absolute Gasteiger partial charge is 0.0730 e. The summed E-state index contributed by atoms with van der Waals surface area (Å²) in [4.78, 5) is 8.86. The summed E-state index contributed by atoms with van der Waals surface area (Å²) in [6, 6.07) is 24.1. The predicted molar refractivity (Wildman–Crippen MR) is 103 cm³/mol. The SMILES string of the molecule is C(=N\Nc1cc(-c2ccccc2)nc2ccccc12)/c1cccnc1. The van der Waals surface area contributed by atoms with Gasteiger partial charge in [0, 0.05) is 28.9 Å². The molecule has 0 aliphatic heterocycles. The number of anilines is 1. The van der Waals surface area contributed by atoms with Crippen molar-refractivity contribution in [3.8, 4) is 11.3 Å². The first-order chi connectivity index (χ1) is 12.4. The van der Waals surface area contributed by atoms with Gasteiger partial charge in [-0.15, -0.1) is 0 Å². The van der Waals surface area contributed by atoms with Gasteiger partial charge in [0.15, 0.2) is 0 Å². The van der Waals surface area contributed by atoms with E-state index in [2.05, 4.69) is 27.6 Å². The number of hydrazone groups is 1. The van der Waals surface area contributed by atoms with Gasteiger partial charge >= 0.3 is 0 Å². The highest BCUT2D eigenvalue weighted by atomic mass is 15.3. The number of nitrogens with zero attached hydrogens (tertiary/aromatic N) is 3. The van der Waals surface area contributed by atoms with Crippen LogP contribution in [0.4, 0.5) is 5.69 Å². The molecule has 4 heteroatoms. The molecule has 120 valence electrons. The van der Waals surface area contributed by atoms with E-state index in [1.54, 1.807) is 18.6 Å². The van der Waals surface area contributed by atoms with Crippen molar-refractivity contribution >= 4 is 22.8 Å². The van der Waals surface area contributed by atoms with Crippen molar-refractivity contribution < 1.29 is 0 Å². The van der Waals surface area contributed by atoms with Crippen LogP contribution in [0.2, 0.25) is 0 Å². The fraction of sp³-hybridized carbons (Fsp3) is 0. The minimum atomic E-state index is 0.915. The molecule has 0 atom stereocenters. The van der Waals surface area contributed by atoms with Gasteiger partial charge in [-0.2, -0.15) is 5.10 Å². The van der Waals surface area contributed by atoms with E-state index in [0.29, 0.717) is 0 Å². The lowest BCUT2D eigenvalue weighted by atomic mass is 10.1. The van der Waals surface area contributed by atoms with E-state index in [1.807, 2.05) is 60.7 Å². The van der Waals surface area contributed by atoms with Gasteiger partial charge in [-0.1, -0.05) is 54.6 Å². The zero-order chi connectivity index (χ0) is 16.9. The van der Waals surface area contributed by atoms with Gasteiger partial charge in [-0.3, -0.25) is 10.4 Å². The van der Waals surface area contributed by atoms with E-state index in [1.165, 1.54) is 0 Å². The quantitative estimate of drug-likeness (QED) is 0.435. The molecule has 0 amide bonds. The Balaban J connectivity index is 1.73. The second kappa shape index (κ2) is 6.93. The molecular weight excluding hydrogens is 308 g/mol. The number of nitrogens with one attached hydrogen (secondary N) is 1. The third kappa shape index (κ3) is 3.38. The molecule has 0 spiro atoms. The lowest BCUT2D eigenvalue weighted by molar-refractivity contribution is 1.30. The molecule has 4 rings (SSSR count). The van der Waals surface area contributed by atoms with Gasteiger partial charge in [0.05, 0.1) is 23.1 Å². The molecule has 0 saturated carbocycles. The highest BCUT2D eigenvalue weighted by molar-refractivity contribution is 5.94. The van der Waals surface area contributed by atoms with E-state index in [4.69, 9.17) is 4.98 Å². The van der Waals surface area contributed by atoms with Crippen molar-refractivity contribution in [1.82, 2.24) is 9.97 Å². The third-order valence-electron chi connectivity index (χ3n) is 3.87. The van der Waals surface area contributed by atoms with Crippen LogP contribution in [0.25, 0.3) is 22.2 Å². The molecule has 2 aromatic carbocycles. The Morgan fingerprint density at radius 2 is 1.72 bits per heavy atom. The van der Waals surface area contributed by atoms with Crippen LogP contribution < -0.4 is 5.43 Å². The molecule has 4 aromatic rings. The number of pyridine rings is 2. The van der Waals surface area contributed by atoms with Gasteiger partial charge in [0.2, 0.25) is 0 Å². The number of rotatable bonds is 4. The van der Waals surface area contributed by atoms with E-state index in [9.17, 15) is 0 Å². The summed E-state index contributed by atoms with van der Waals surface area (Å²) in [6.45, 7) is 0. The zero-order valence-electron chi connectivity index (χ0n) is 13.5. The molecule has 2 aromatic heterocycles. The Morgan fingerprint density at radius 3 is 2.56 bits per heavy atom. The molecule has 4 nitrogen and oxygen atoms in total. The maximum absolute atomic E-state index is 4.77. The van der Waals surface area contributed by atoms with Crippen LogP contribution in [0.3, 0.4) is 0 Å². The fourth-order valence-corrected chi connectivity index (χ4v) is 2.65. The fourth-order valence-electron chi connectivity index (χ4n) is 2.65. The van der Waals surface area contributed by atoms with Crippen molar-refractivity contribution in [2.75, 3.05) is 5.43 Å². The number of aromatic nitrogens is 2. The minimum absolute atomic E-state index is 0.915. The minimum Gasteiger partial charge on any atom is -0.278 e. The monoisotopic (exact) mass is 324 g/mol. The van der Waals surface area contributed by atoms with Gasteiger partial charge in [0.25, 0.3) is 0 Å². The van der Waals surface area contributed by atoms with Crippen LogP contribution in [0.5, 0.6) is 0 Å². The molecular formula is C21H16N4. The van der Waals surface area contributed by atoms with Gasteiger partial charge in [-0.25, -0.2) is 4.98 Å². The van der Waals surface area contributed by atoms with Crippen molar-refractivity contribution in [3.63, 3.8) is 0 Å². The highest BCUT2D eigenvalue weighted by Crippen LogP contribution is 2.28. The van der Waals surface area contributed by atoms with Crippen LogP contribution in [0.15, 0.2) is 90.3 Å². The van der Waals surface area contributed by atoms with Crippen molar-refractivity contribution in [2.45, 2.75) is 0 Å². The number of benzene rings is 2. The summed E-state index contributed by atoms with van der Waals surface area (Å²) in [6.07, 6.45) is 5.27. The van der Waals surface area contributed by atoms with E-state index >= 15 is 0 Å². The van der Waals surface area contributed by atoms with Crippen LogP contribution in [0.1, 0.15) is 5.56 Å². The summed E-state index contributed by atoms with van der Waals surface area (Å²) in [5.74, 6) is 0. The topological polar surface area (TPSA) is 50.2 Å². The van der Waals surface area contributed by atoms with Crippen molar-refractivity contribution in [2.24, 2.45) is 5.10 Å². The Morgan fingerprint density at radius 1 is 0.880 bits per heavy atom. The van der Waals surface area contributed by atoms with E-state index in [0.717, 1.165) is 33.4 Å². The molecule has 25 heavy (non-hydrogen) atoms. The number of para-hydroxylation sites is 1. The Labute approximate surface area is 145 Å². The molecule has 0 saturated heterocycles. The van der Waals surface area contributed by atoms with Crippen LogP contribution >= 0.6 is 0 Å². The lowest BCUT2D eigenvalue weighted by Gasteiger charge is -2.09. The van der Waals surface area contributed by atoms with E-state index < -0.39 is 0 Å². The first-order valence-electron chi connectivity index (χ1n) is 8.04.